The second-order valence-corrected chi connectivity index (χ2v) is 7.89. The van der Waals surface area contributed by atoms with Gasteiger partial charge in [0.05, 0.1) is 19.1 Å². The molecule has 0 spiro atoms. The summed E-state index contributed by atoms with van der Waals surface area (Å²) in [5.41, 5.74) is 7.90. The number of fused-ring (bicyclic) bond motifs is 2. The molecular weight excluding hydrogens is 348 g/mol. The van der Waals surface area contributed by atoms with Crippen LogP contribution in [0.25, 0.3) is 11.1 Å². The zero-order valence-electron chi connectivity index (χ0n) is 15.1. The largest absolute Gasteiger partial charge is 0.493 e. The Bertz CT molecular complexity index is 819. The van der Waals surface area contributed by atoms with Crippen LogP contribution in [-0.4, -0.2) is 43.7 Å². The monoisotopic (exact) mass is 372 g/mol. The van der Waals surface area contributed by atoms with E-state index in [9.17, 15) is 4.79 Å². The van der Waals surface area contributed by atoms with E-state index in [1.54, 1.807) is 14.2 Å². The van der Waals surface area contributed by atoms with Crippen molar-refractivity contribution in [1.29, 1.82) is 0 Å². The van der Waals surface area contributed by atoms with E-state index in [-0.39, 0.29) is 11.9 Å². The molecule has 1 aromatic heterocycles. The summed E-state index contributed by atoms with van der Waals surface area (Å²) in [5, 5.41) is 1.98. The van der Waals surface area contributed by atoms with Crippen LogP contribution in [0.3, 0.4) is 0 Å². The lowest BCUT2D eigenvalue weighted by Gasteiger charge is -2.34. The number of hydrogen-bond donors (Lipinski definition) is 1. The van der Waals surface area contributed by atoms with E-state index in [1.165, 1.54) is 17.8 Å². The number of likely N-dealkylation sites (tertiary alicyclic amines) is 1. The lowest BCUT2D eigenvalue weighted by atomic mass is 9.98. The fourth-order valence-corrected chi connectivity index (χ4v) is 5.40. The van der Waals surface area contributed by atoms with Gasteiger partial charge in [0.1, 0.15) is 0 Å². The van der Waals surface area contributed by atoms with Gasteiger partial charge in [-0.1, -0.05) is 6.07 Å². The highest BCUT2D eigenvalue weighted by Crippen LogP contribution is 2.44. The smallest absolute Gasteiger partial charge is 0.265 e. The van der Waals surface area contributed by atoms with Crippen molar-refractivity contribution >= 4 is 17.2 Å². The van der Waals surface area contributed by atoms with E-state index in [0.29, 0.717) is 30.0 Å². The number of nitrogens with two attached hydrogens (primary N) is 1. The molecule has 1 saturated carbocycles. The first kappa shape index (κ1) is 17.4. The molecule has 1 aliphatic carbocycles. The summed E-state index contributed by atoms with van der Waals surface area (Å²) in [6.07, 6.45) is 3.40. The van der Waals surface area contributed by atoms with Crippen molar-refractivity contribution in [2.24, 2.45) is 11.7 Å². The molecule has 2 fully saturated rings. The second-order valence-electron chi connectivity index (χ2n) is 6.98. The summed E-state index contributed by atoms with van der Waals surface area (Å²) in [6.45, 7) is 0.546. The molecule has 2 aromatic rings. The van der Waals surface area contributed by atoms with Crippen LogP contribution in [0.4, 0.5) is 0 Å². The zero-order chi connectivity index (χ0) is 18.3. The van der Waals surface area contributed by atoms with Crippen LogP contribution in [0.1, 0.15) is 28.9 Å². The van der Waals surface area contributed by atoms with Crippen LogP contribution in [-0.2, 0) is 0 Å². The average molecular weight is 372 g/mol. The maximum Gasteiger partial charge on any atom is 0.265 e. The van der Waals surface area contributed by atoms with Crippen LogP contribution < -0.4 is 15.2 Å². The fourth-order valence-electron chi connectivity index (χ4n) is 4.54. The highest BCUT2D eigenvalue weighted by molar-refractivity contribution is 7.12. The van der Waals surface area contributed by atoms with Crippen molar-refractivity contribution < 1.29 is 14.3 Å². The topological polar surface area (TPSA) is 64.8 Å². The molecule has 2 bridgehead atoms. The molecule has 2 heterocycles. The molecule has 2 N–H and O–H groups in total. The molecule has 1 amide bonds. The predicted octanol–water partition coefficient (Wildman–Crippen LogP) is 3.38. The standard InChI is InChI=1S/C20H24N2O3S/c1-24-17-6-4-12(10-18(17)25-2)15-7-8-26-19(15)20(23)22-14-5-3-13(9-14)16(22)11-21/h4,6-8,10,13-14,16H,3,5,9,11,21H2,1-2H3/t13-,14+,16+/m0/s1. The third-order valence-electron chi connectivity index (χ3n) is 5.77. The second kappa shape index (κ2) is 6.93. The van der Waals surface area contributed by atoms with Gasteiger partial charge >= 0.3 is 0 Å². The Morgan fingerprint density at radius 2 is 2.04 bits per heavy atom. The van der Waals surface area contributed by atoms with E-state index in [0.717, 1.165) is 28.8 Å². The number of ether oxygens (including phenoxy) is 2. The van der Waals surface area contributed by atoms with E-state index in [4.69, 9.17) is 15.2 Å². The molecule has 138 valence electrons. The van der Waals surface area contributed by atoms with E-state index in [1.807, 2.05) is 29.6 Å². The zero-order valence-corrected chi connectivity index (χ0v) is 15.9. The molecule has 1 aromatic carbocycles. The van der Waals surface area contributed by atoms with Crippen LogP contribution in [0.2, 0.25) is 0 Å². The molecule has 0 unspecified atom stereocenters. The minimum atomic E-state index is 0.118. The number of hydrogen-bond acceptors (Lipinski definition) is 5. The molecule has 5 nitrogen and oxygen atoms in total. The van der Waals surface area contributed by atoms with Crippen molar-refractivity contribution in [2.75, 3.05) is 20.8 Å². The maximum atomic E-state index is 13.4. The van der Waals surface area contributed by atoms with Crippen molar-refractivity contribution in [3.8, 4) is 22.6 Å². The summed E-state index contributed by atoms with van der Waals surface area (Å²) in [5.74, 6) is 2.03. The fraction of sp³-hybridized carbons (Fsp3) is 0.450. The number of benzene rings is 1. The highest BCUT2D eigenvalue weighted by Gasteiger charge is 2.47. The van der Waals surface area contributed by atoms with Crippen LogP contribution in [0, 0.1) is 5.92 Å². The molecule has 1 aliphatic heterocycles. The van der Waals surface area contributed by atoms with Gasteiger partial charge in [0.25, 0.3) is 5.91 Å². The number of methoxy groups -OCH3 is 2. The van der Waals surface area contributed by atoms with Crippen LogP contribution in [0.5, 0.6) is 11.5 Å². The Labute approximate surface area is 157 Å². The number of piperidine rings is 1. The molecule has 6 heteroatoms. The van der Waals surface area contributed by atoms with Crippen molar-refractivity contribution in [3.63, 3.8) is 0 Å². The van der Waals surface area contributed by atoms with Gasteiger partial charge < -0.3 is 20.1 Å². The van der Waals surface area contributed by atoms with Gasteiger partial charge in [-0.25, -0.2) is 0 Å². The molecule has 0 radical (unpaired) electrons. The summed E-state index contributed by atoms with van der Waals surface area (Å²) < 4.78 is 10.7. The van der Waals surface area contributed by atoms with Crippen molar-refractivity contribution in [3.05, 3.63) is 34.5 Å². The number of rotatable bonds is 5. The van der Waals surface area contributed by atoms with E-state index in [2.05, 4.69) is 4.90 Å². The maximum absolute atomic E-state index is 13.4. The van der Waals surface area contributed by atoms with Gasteiger partial charge in [-0.15, -0.1) is 11.3 Å². The third-order valence-corrected chi connectivity index (χ3v) is 6.67. The first-order valence-electron chi connectivity index (χ1n) is 9.00. The number of carbonyl (C=O) groups is 1. The average Bonchev–Trinajstić information content (AvgIpc) is 3.41. The van der Waals surface area contributed by atoms with Gasteiger partial charge in [-0.3, -0.25) is 4.79 Å². The third kappa shape index (κ3) is 2.68. The molecule has 1 saturated heterocycles. The molecule has 2 aliphatic rings. The van der Waals surface area contributed by atoms with E-state index >= 15 is 0 Å². The number of nitrogens with zero attached hydrogens (tertiary/aromatic N) is 1. The lowest BCUT2D eigenvalue weighted by molar-refractivity contribution is 0.0608. The van der Waals surface area contributed by atoms with Gasteiger partial charge in [0.15, 0.2) is 11.5 Å². The van der Waals surface area contributed by atoms with Gasteiger partial charge in [-0.05, 0) is 54.3 Å². The van der Waals surface area contributed by atoms with Crippen LogP contribution in [0.15, 0.2) is 29.6 Å². The Morgan fingerprint density at radius 1 is 1.23 bits per heavy atom. The minimum absolute atomic E-state index is 0.118. The SMILES string of the molecule is COc1ccc(-c2ccsc2C(=O)N2[C@@H]3CC[C@@H](C3)[C@H]2CN)cc1OC. The van der Waals surface area contributed by atoms with Crippen LogP contribution >= 0.6 is 11.3 Å². The Hall–Kier alpha value is -2.05. The van der Waals surface area contributed by atoms with Gasteiger partial charge in [0.2, 0.25) is 0 Å². The number of thiophene rings is 1. The number of carbonyl (C=O) groups excluding carboxylic acids is 1. The summed E-state index contributed by atoms with van der Waals surface area (Å²) in [6, 6.07) is 8.30. The number of amides is 1. The quantitative estimate of drug-likeness (QED) is 0.874. The summed E-state index contributed by atoms with van der Waals surface area (Å²) >= 11 is 1.50. The predicted molar refractivity (Wildman–Crippen MR) is 103 cm³/mol. The first-order valence-corrected chi connectivity index (χ1v) is 9.88. The Kier molecular flexibility index (Phi) is 4.63. The first-order chi connectivity index (χ1) is 12.7. The Balaban J connectivity index is 1.68. The summed E-state index contributed by atoms with van der Waals surface area (Å²) in [4.78, 5) is 16.2. The summed E-state index contributed by atoms with van der Waals surface area (Å²) in [7, 11) is 3.24. The van der Waals surface area contributed by atoms with Gasteiger partial charge in [-0.2, -0.15) is 0 Å². The molecular formula is C20H24N2O3S. The minimum Gasteiger partial charge on any atom is -0.493 e. The van der Waals surface area contributed by atoms with Gasteiger partial charge in [0, 0.05) is 24.2 Å². The Morgan fingerprint density at radius 3 is 2.77 bits per heavy atom. The normalized spacial score (nSPS) is 24.1. The highest BCUT2D eigenvalue weighted by atomic mass is 32.1. The molecule has 3 atom stereocenters. The lowest BCUT2D eigenvalue weighted by Crippen LogP contribution is -2.48. The molecule has 4 rings (SSSR count). The van der Waals surface area contributed by atoms with E-state index < -0.39 is 0 Å². The van der Waals surface area contributed by atoms with Crippen molar-refractivity contribution in [2.45, 2.75) is 31.3 Å². The van der Waals surface area contributed by atoms with Crippen molar-refractivity contribution in [1.82, 2.24) is 4.90 Å². The molecule has 26 heavy (non-hydrogen) atoms.